The zero-order valence-electron chi connectivity index (χ0n) is 7.30. The first kappa shape index (κ1) is 8.75. The number of azo groups is 1. The summed E-state index contributed by atoms with van der Waals surface area (Å²) in [6.07, 6.45) is 1.42. The highest BCUT2D eigenvalue weighted by Gasteiger charge is 2.05. The number of hydrogen-bond donors (Lipinski definition) is 2. The first-order chi connectivity index (χ1) is 6.77. The molecule has 8 heteroatoms. The lowest BCUT2D eigenvalue weighted by Gasteiger charge is -1.87. The van der Waals surface area contributed by atoms with Crippen molar-refractivity contribution in [2.75, 3.05) is 5.73 Å². The van der Waals surface area contributed by atoms with Gasteiger partial charge in [-0.3, -0.25) is 5.10 Å². The van der Waals surface area contributed by atoms with Gasteiger partial charge in [-0.05, 0) is 6.92 Å². The molecule has 0 atom stereocenters. The topological polar surface area (TPSA) is 105 Å². The molecule has 2 heterocycles. The van der Waals surface area contributed by atoms with Gasteiger partial charge in [-0.15, -0.1) is 10.2 Å². The van der Waals surface area contributed by atoms with Gasteiger partial charge in [-0.1, -0.05) is 0 Å². The largest absolute Gasteiger partial charge is 0.380 e. The normalized spacial score (nSPS) is 11.2. The highest BCUT2D eigenvalue weighted by molar-refractivity contribution is 7.09. The maximum Gasteiger partial charge on any atom is 0.249 e. The lowest BCUT2D eigenvalue weighted by Crippen LogP contribution is -1.82. The Morgan fingerprint density at radius 2 is 2.36 bits per heavy atom. The van der Waals surface area contributed by atoms with Gasteiger partial charge in [0.2, 0.25) is 5.13 Å². The van der Waals surface area contributed by atoms with Gasteiger partial charge < -0.3 is 5.73 Å². The number of nitrogens with two attached hydrogens (primary N) is 1. The number of nitrogens with one attached hydrogen (secondary N) is 1. The molecule has 14 heavy (non-hydrogen) atoms. The Kier molecular flexibility index (Phi) is 2.19. The molecule has 72 valence electrons. The van der Waals surface area contributed by atoms with E-state index in [-0.39, 0.29) is 0 Å². The van der Waals surface area contributed by atoms with Crippen molar-refractivity contribution in [3.8, 4) is 0 Å². The fourth-order valence-corrected chi connectivity index (χ4v) is 1.23. The molecule has 0 unspecified atom stereocenters. The van der Waals surface area contributed by atoms with E-state index in [0.29, 0.717) is 16.6 Å². The van der Waals surface area contributed by atoms with Crippen LogP contribution in [-0.2, 0) is 0 Å². The summed E-state index contributed by atoms with van der Waals surface area (Å²) in [5.41, 5.74) is 6.87. The number of nitrogen functional groups attached to an aromatic ring is 1. The standard InChI is InChI=1S/C6H7N7S/c1-3-4(5(7)12-10-3)11-13-6-8-2-9-14-6/h2H,1H3,(H3,7,10,12). The van der Waals surface area contributed by atoms with Crippen LogP contribution in [0.15, 0.2) is 16.6 Å². The van der Waals surface area contributed by atoms with E-state index in [9.17, 15) is 0 Å². The Balaban J connectivity index is 2.26. The molecule has 2 rings (SSSR count). The first-order valence-corrected chi connectivity index (χ1v) is 4.53. The predicted molar refractivity (Wildman–Crippen MR) is 51.8 cm³/mol. The third-order valence-corrected chi connectivity index (χ3v) is 2.08. The predicted octanol–water partition coefficient (Wildman–Crippen LogP) is 1.57. The molecule has 3 N–H and O–H groups in total. The summed E-state index contributed by atoms with van der Waals surface area (Å²) < 4.78 is 3.79. The van der Waals surface area contributed by atoms with E-state index < -0.39 is 0 Å². The maximum absolute atomic E-state index is 5.55. The molecule has 0 saturated heterocycles. The minimum Gasteiger partial charge on any atom is -0.380 e. The zero-order chi connectivity index (χ0) is 9.97. The quantitative estimate of drug-likeness (QED) is 0.732. The number of aromatic nitrogens is 4. The Morgan fingerprint density at radius 1 is 1.50 bits per heavy atom. The molecule has 0 aliphatic rings. The van der Waals surface area contributed by atoms with Crippen molar-refractivity contribution >= 4 is 28.2 Å². The molecule has 7 nitrogen and oxygen atoms in total. The fraction of sp³-hybridized carbons (Fsp3) is 0.167. The first-order valence-electron chi connectivity index (χ1n) is 3.76. The molecule has 0 aliphatic heterocycles. The van der Waals surface area contributed by atoms with E-state index >= 15 is 0 Å². The van der Waals surface area contributed by atoms with E-state index in [1.165, 1.54) is 6.33 Å². The SMILES string of the molecule is Cc1[nH]nc(N)c1N=Nc1ncns1. The molecule has 0 aromatic carbocycles. The van der Waals surface area contributed by atoms with E-state index in [0.717, 1.165) is 17.2 Å². The van der Waals surface area contributed by atoms with Gasteiger partial charge in [0.1, 0.15) is 6.33 Å². The fourth-order valence-electron chi connectivity index (χ4n) is 0.872. The van der Waals surface area contributed by atoms with Crippen molar-refractivity contribution in [3.63, 3.8) is 0 Å². The molecular formula is C6H7N7S. The Labute approximate surface area is 83.3 Å². The summed E-state index contributed by atoms with van der Waals surface area (Å²) in [5, 5.41) is 14.8. The molecule has 2 aromatic heterocycles. The Morgan fingerprint density at radius 3 is 2.93 bits per heavy atom. The second kappa shape index (κ2) is 3.50. The molecule has 0 radical (unpaired) electrons. The zero-order valence-corrected chi connectivity index (χ0v) is 8.12. The molecule has 0 amide bonds. The molecule has 2 aromatic rings. The molecular weight excluding hydrogens is 202 g/mol. The second-order valence-corrected chi connectivity index (χ2v) is 3.26. The monoisotopic (exact) mass is 209 g/mol. The van der Waals surface area contributed by atoms with Gasteiger partial charge >= 0.3 is 0 Å². The van der Waals surface area contributed by atoms with Crippen LogP contribution >= 0.6 is 11.5 Å². The van der Waals surface area contributed by atoms with Gasteiger partial charge in [0.25, 0.3) is 0 Å². The van der Waals surface area contributed by atoms with Crippen molar-refractivity contribution in [2.24, 2.45) is 10.2 Å². The van der Waals surface area contributed by atoms with Crippen molar-refractivity contribution in [1.82, 2.24) is 19.6 Å². The number of anilines is 1. The maximum atomic E-state index is 5.55. The number of hydrogen-bond acceptors (Lipinski definition) is 7. The molecule has 0 fully saturated rings. The number of nitrogens with zero attached hydrogens (tertiary/aromatic N) is 5. The van der Waals surface area contributed by atoms with Gasteiger partial charge in [0.15, 0.2) is 11.5 Å². The molecule has 0 bridgehead atoms. The van der Waals surface area contributed by atoms with Crippen LogP contribution in [0.3, 0.4) is 0 Å². The van der Waals surface area contributed by atoms with E-state index in [4.69, 9.17) is 5.73 Å². The van der Waals surface area contributed by atoms with E-state index in [1.54, 1.807) is 0 Å². The summed E-state index contributed by atoms with van der Waals surface area (Å²) in [6, 6.07) is 0. The summed E-state index contributed by atoms with van der Waals surface area (Å²) in [7, 11) is 0. The lowest BCUT2D eigenvalue weighted by atomic mass is 10.4. The van der Waals surface area contributed by atoms with Crippen LogP contribution in [-0.4, -0.2) is 19.6 Å². The van der Waals surface area contributed by atoms with Crippen LogP contribution < -0.4 is 5.73 Å². The number of rotatable bonds is 2. The van der Waals surface area contributed by atoms with Crippen LogP contribution in [0.4, 0.5) is 16.6 Å². The Hall–Kier alpha value is -1.83. The van der Waals surface area contributed by atoms with Crippen molar-refractivity contribution in [2.45, 2.75) is 6.92 Å². The van der Waals surface area contributed by atoms with Gasteiger partial charge in [-0.2, -0.15) is 9.47 Å². The average molecular weight is 209 g/mol. The van der Waals surface area contributed by atoms with Crippen molar-refractivity contribution < 1.29 is 0 Å². The number of aromatic amines is 1. The van der Waals surface area contributed by atoms with Gasteiger partial charge in [-0.25, -0.2) is 4.98 Å². The highest BCUT2D eigenvalue weighted by Crippen LogP contribution is 2.25. The van der Waals surface area contributed by atoms with Crippen LogP contribution in [0, 0.1) is 6.92 Å². The van der Waals surface area contributed by atoms with Crippen LogP contribution in [0.1, 0.15) is 5.69 Å². The number of H-pyrrole nitrogens is 1. The molecule has 0 saturated carbocycles. The van der Waals surface area contributed by atoms with Crippen LogP contribution in [0.5, 0.6) is 0 Å². The van der Waals surface area contributed by atoms with Gasteiger partial charge in [0, 0.05) is 11.5 Å². The Bertz CT molecular complexity index is 423. The summed E-state index contributed by atoms with van der Waals surface area (Å²) in [5.74, 6) is 0.329. The molecule has 0 aliphatic carbocycles. The van der Waals surface area contributed by atoms with Crippen LogP contribution in [0.2, 0.25) is 0 Å². The number of aryl methyl sites for hydroxylation is 1. The highest BCUT2D eigenvalue weighted by atomic mass is 32.1. The van der Waals surface area contributed by atoms with E-state index in [1.807, 2.05) is 6.92 Å². The third kappa shape index (κ3) is 1.59. The summed E-state index contributed by atoms with van der Waals surface area (Å²) >= 11 is 1.16. The minimum absolute atomic E-state index is 0.329. The van der Waals surface area contributed by atoms with Crippen LogP contribution in [0.25, 0.3) is 0 Å². The third-order valence-electron chi connectivity index (χ3n) is 1.53. The van der Waals surface area contributed by atoms with Gasteiger partial charge in [0.05, 0.1) is 5.69 Å². The van der Waals surface area contributed by atoms with Crippen molar-refractivity contribution in [1.29, 1.82) is 0 Å². The minimum atomic E-state index is 0.329. The lowest BCUT2D eigenvalue weighted by molar-refractivity contribution is 1.05. The molecule has 0 spiro atoms. The second-order valence-electron chi connectivity index (χ2n) is 2.51. The summed E-state index contributed by atoms with van der Waals surface area (Å²) in [6.45, 7) is 1.82. The van der Waals surface area contributed by atoms with E-state index in [2.05, 4.69) is 29.8 Å². The summed E-state index contributed by atoms with van der Waals surface area (Å²) in [4.78, 5) is 3.85. The van der Waals surface area contributed by atoms with Crippen molar-refractivity contribution in [3.05, 3.63) is 12.0 Å². The average Bonchev–Trinajstić information content (AvgIpc) is 2.76. The smallest absolute Gasteiger partial charge is 0.249 e.